The second-order valence-corrected chi connectivity index (χ2v) is 11.9. The van der Waals surface area contributed by atoms with E-state index in [2.05, 4.69) is 27.7 Å². The number of hydrogen-bond acceptors (Lipinski definition) is 4. The third-order valence-electron chi connectivity index (χ3n) is 10.3. The summed E-state index contributed by atoms with van der Waals surface area (Å²) in [6.07, 6.45) is 10.3. The number of aliphatic hydroxyl groups excluding tert-OH is 1. The van der Waals surface area contributed by atoms with E-state index in [-0.39, 0.29) is 17.1 Å². The van der Waals surface area contributed by atoms with Crippen LogP contribution in [-0.4, -0.2) is 39.4 Å². The third-order valence-corrected chi connectivity index (χ3v) is 10.3. The summed E-state index contributed by atoms with van der Waals surface area (Å²) in [6, 6.07) is 0. The Morgan fingerprint density at radius 3 is 2.30 bits per heavy atom. The van der Waals surface area contributed by atoms with Crippen LogP contribution in [0.25, 0.3) is 0 Å². The van der Waals surface area contributed by atoms with E-state index < -0.39 is 5.72 Å². The van der Waals surface area contributed by atoms with Crippen LogP contribution in [0.2, 0.25) is 0 Å². The number of fused-ring (bicyclic) bond motifs is 5. The smallest absolute Gasteiger partial charge is 0.144 e. The van der Waals surface area contributed by atoms with Gasteiger partial charge < -0.3 is 15.1 Å². The highest BCUT2D eigenvalue weighted by atomic mass is 16.6. The van der Waals surface area contributed by atoms with Gasteiger partial charge in [-0.1, -0.05) is 13.8 Å². The number of hydrogen-bond donors (Lipinski definition) is 2. The minimum Gasteiger partial charge on any atom is -0.393 e. The SMILES string of the molecule is CC12CCC3C(CCC4CC5(CCC43C)OCC(C)(C)N5O)C1CCC2O. The van der Waals surface area contributed by atoms with Crippen molar-refractivity contribution < 1.29 is 15.1 Å². The van der Waals surface area contributed by atoms with Gasteiger partial charge in [-0.3, -0.25) is 0 Å². The van der Waals surface area contributed by atoms with Crippen LogP contribution in [0.1, 0.15) is 85.5 Å². The maximum Gasteiger partial charge on any atom is 0.144 e. The van der Waals surface area contributed by atoms with Crippen LogP contribution in [0.5, 0.6) is 0 Å². The Morgan fingerprint density at radius 2 is 1.59 bits per heavy atom. The molecule has 1 spiro atoms. The molecule has 2 N–H and O–H groups in total. The molecular weight excluding hydrogens is 338 g/mol. The van der Waals surface area contributed by atoms with Crippen molar-refractivity contribution in [1.82, 2.24) is 5.06 Å². The molecule has 0 aromatic heterocycles. The number of ether oxygens (including phenoxy) is 1. The Hall–Kier alpha value is -0.160. The molecule has 4 saturated carbocycles. The summed E-state index contributed by atoms with van der Waals surface area (Å²) in [6.45, 7) is 9.71. The van der Waals surface area contributed by atoms with Gasteiger partial charge >= 0.3 is 0 Å². The average Bonchev–Trinajstić information content (AvgIpc) is 3.05. The van der Waals surface area contributed by atoms with Crippen LogP contribution in [0.3, 0.4) is 0 Å². The fraction of sp³-hybridized carbons (Fsp3) is 1.00. The molecule has 1 heterocycles. The summed E-state index contributed by atoms with van der Waals surface area (Å²) in [5, 5.41) is 23.1. The molecule has 0 radical (unpaired) electrons. The van der Waals surface area contributed by atoms with E-state index in [1.165, 1.54) is 32.1 Å². The van der Waals surface area contributed by atoms with Crippen LogP contribution in [-0.2, 0) is 4.74 Å². The molecule has 8 unspecified atom stereocenters. The predicted molar refractivity (Wildman–Crippen MR) is 104 cm³/mol. The van der Waals surface area contributed by atoms with Crippen molar-refractivity contribution in [1.29, 1.82) is 0 Å². The first-order valence-electron chi connectivity index (χ1n) is 11.4. The minimum atomic E-state index is -0.451. The fourth-order valence-corrected chi connectivity index (χ4v) is 8.49. The average molecular weight is 378 g/mol. The maximum atomic E-state index is 10.9. The quantitative estimate of drug-likeness (QED) is 0.648. The van der Waals surface area contributed by atoms with Crippen LogP contribution in [0.4, 0.5) is 0 Å². The number of rotatable bonds is 0. The van der Waals surface area contributed by atoms with E-state index in [0.717, 1.165) is 43.4 Å². The topological polar surface area (TPSA) is 52.9 Å². The normalized spacial score (nSPS) is 57.3. The van der Waals surface area contributed by atoms with E-state index in [4.69, 9.17) is 4.74 Å². The summed E-state index contributed by atoms with van der Waals surface area (Å²) >= 11 is 0. The van der Waals surface area contributed by atoms with Crippen molar-refractivity contribution >= 4 is 0 Å². The molecule has 154 valence electrons. The molecule has 4 aliphatic carbocycles. The van der Waals surface area contributed by atoms with Crippen molar-refractivity contribution in [3.63, 3.8) is 0 Å². The van der Waals surface area contributed by atoms with E-state index >= 15 is 0 Å². The first-order chi connectivity index (χ1) is 12.6. The van der Waals surface area contributed by atoms with Crippen molar-refractivity contribution in [2.75, 3.05) is 6.61 Å². The van der Waals surface area contributed by atoms with Crippen molar-refractivity contribution in [3.05, 3.63) is 0 Å². The third kappa shape index (κ3) is 2.36. The fourth-order valence-electron chi connectivity index (χ4n) is 8.49. The highest BCUT2D eigenvalue weighted by Gasteiger charge is 2.64. The lowest BCUT2D eigenvalue weighted by molar-refractivity contribution is -0.283. The standard InChI is InChI=1S/C23H39NO3/c1-20(2)14-27-23(24(20)26)12-11-21(3)15(13-23)5-6-16-17-7-8-19(25)22(17,4)10-9-18(16)21/h15-19,25-26H,5-14H2,1-4H3. The van der Waals surface area contributed by atoms with Gasteiger partial charge in [0.1, 0.15) is 5.72 Å². The first-order valence-corrected chi connectivity index (χ1v) is 11.4. The molecule has 1 saturated heterocycles. The van der Waals surface area contributed by atoms with Crippen molar-refractivity contribution in [2.45, 2.75) is 103 Å². The van der Waals surface area contributed by atoms with Crippen LogP contribution >= 0.6 is 0 Å². The van der Waals surface area contributed by atoms with E-state index in [9.17, 15) is 10.3 Å². The highest BCUT2D eigenvalue weighted by molar-refractivity contribution is 5.11. The molecule has 0 bridgehead atoms. The Morgan fingerprint density at radius 1 is 0.852 bits per heavy atom. The summed E-state index contributed by atoms with van der Waals surface area (Å²) in [7, 11) is 0. The van der Waals surface area contributed by atoms with Gasteiger partial charge in [0.15, 0.2) is 0 Å². The number of nitrogens with zero attached hydrogens (tertiary/aromatic N) is 1. The Labute approximate surface area is 164 Å². The molecule has 4 nitrogen and oxygen atoms in total. The molecule has 27 heavy (non-hydrogen) atoms. The molecule has 0 aromatic carbocycles. The lowest BCUT2D eigenvalue weighted by atomic mass is 9.44. The summed E-state index contributed by atoms with van der Waals surface area (Å²) in [5.41, 5.74) is -0.189. The van der Waals surface area contributed by atoms with E-state index in [1.54, 1.807) is 5.06 Å². The Bertz CT molecular complexity index is 623. The molecular formula is C23H39NO3. The lowest BCUT2D eigenvalue weighted by Crippen LogP contribution is -2.60. The first kappa shape index (κ1) is 18.8. The largest absolute Gasteiger partial charge is 0.393 e. The monoisotopic (exact) mass is 377 g/mol. The second-order valence-electron chi connectivity index (χ2n) is 11.9. The molecule has 5 rings (SSSR count). The van der Waals surface area contributed by atoms with Gasteiger partial charge in [-0.25, -0.2) is 0 Å². The van der Waals surface area contributed by atoms with Crippen molar-refractivity contribution in [2.24, 2.45) is 34.5 Å². The second kappa shape index (κ2) is 5.71. The Balaban J connectivity index is 1.40. The lowest BCUT2D eigenvalue weighted by Gasteiger charge is -2.62. The molecule has 8 atom stereocenters. The zero-order chi connectivity index (χ0) is 19.2. The minimum absolute atomic E-state index is 0.0827. The van der Waals surface area contributed by atoms with Crippen LogP contribution < -0.4 is 0 Å². The maximum absolute atomic E-state index is 10.9. The zero-order valence-electron chi connectivity index (χ0n) is 17.7. The highest BCUT2D eigenvalue weighted by Crippen LogP contribution is 2.67. The van der Waals surface area contributed by atoms with Gasteiger partial charge in [0, 0.05) is 0 Å². The van der Waals surface area contributed by atoms with E-state index in [0.29, 0.717) is 17.9 Å². The zero-order valence-corrected chi connectivity index (χ0v) is 17.7. The molecule has 0 aromatic rings. The van der Waals surface area contributed by atoms with Gasteiger partial charge in [0.2, 0.25) is 0 Å². The van der Waals surface area contributed by atoms with Gasteiger partial charge in [-0.15, -0.1) is 0 Å². The summed E-state index contributed by atoms with van der Waals surface area (Å²) in [4.78, 5) is 0. The number of aliphatic hydroxyl groups is 1. The molecule has 1 aliphatic heterocycles. The Kier molecular flexibility index (Phi) is 3.99. The molecule has 4 heteroatoms. The summed E-state index contributed by atoms with van der Waals surface area (Å²) in [5.74, 6) is 2.95. The number of hydroxylamine groups is 2. The van der Waals surface area contributed by atoms with E-state index in [1.807, 2.05) is 0 Å². The van der Waals surface area contributed by atoms with Gasteiger partial charge in [0.05, 0.1) is 18.2 Å². The summed E-state index contributed by atoms with van der Waals surface area (Å²) < 4.78 is 6.28. The van der Waals surface area contributed by atoms with Gasteiger partial charge in [0.25, 0.3) is 0 Å². The molecule has 0 amide bonds. The van der Waals surface area contributed by atoms with Gasteiger partial charge in [-0.2, -0.15) is 5.06 Å². The predicted octanol–water partition coefficient (Wildman–Crippen LogP) is 4.59. The van der Waals surface area contributed by atoms with Gasteiger partial charge in [-0.05, 0) is 106 Å². The van der Waals surface area contributed by atoms with Crippen molar-refractivity contribution in [3.8, 4) is 0 Å². The molecule has 5 fully saturated rings. The van der Waals surface area contributed by atoms with Crippen LogP contribution in [0, 0.1) is 34.5 Å². The van der Waals surface area contributed by atoms with Crippen LogP contribution in [0.15, 0.2) is 0 Å². The molecule has 5 aliphatic rings.